The standard InChI is InChI=1S/C21H28N4O2/c1-3-17-10-15(12-22)8-9-19(17)23-21(27)24(2)13-16-11-20(26)25(14-16)18-6-4-5-7-18/h8-10,16,18H,3-7,11,13-14H2,1-2H3,(H,23,27)/t16-/m0/s1. The van der Waals surface area contributed by atoms with Crippen molar-refractivity contribution in [1.29, 1.82) is 5.26 Å². The highest BCUT2D eigenvalue weighted by atomic mass is 16.2. The van der Waals surface area contributed by atoms with Crippen molar-refractivity contribution in [1.82, 2.24) is 9.80 Å². The van der Waals surface area contributed by atoms with Gasteiger partial charge in [0.15, 0.2) is 0 Å². The van der Waals surface area contributed by atoms with Crippen LogP contribution in [0.5, 0.6) is 0 Å². The van der Waals surface area contributed by atoms with Crippen molar-refractivity contribution in [3.05, 3.63) is 29.3 Å². The third-order valence-corrected chi connectivity index (χ3v) is 5.74. The van der Waals surface area contributed by atoms with Gasteiger partial charge < -0.3 is 15.1 Å². The van der Waals surface area contributed by atoms with Crippen LogP contribution in [-0.2, 0) is 11.2 Å². The Hall–Kier alpha value is -2.55. The number of amides is 3. The van der Waals surface area contributed by atoms with Crippen LogP contribution in [0.1, 0.15) is 50.2 Å². The Labute approximate surface area is 161 Å². The fraction of sp³-hybridized carbons (Fsp3) is 0.571. The number of rotatable bonds is 5. The fourth-order valence-corrected chi connectivity index (χ4v) is 4.26. The number of nitriles is 1. The lowest BCUT2D eigenvalue weighted by Gasteiger charge is -2.25. The topological polar surface area (TPSA) is 76.4 Å². The largest absolute Gasteiger partial charge is 0.339 e. The summed E-state index contributed by atoms with van der Waals surface area (Å²) >= 11 is 0. The minimum atomic E-state index is -0.179. The minimum Gasteiger partial charge on any atom is -0.339 e. The number of likely N-dealkylation sites (tertiary alicyclic amines) is 1. The molecule has 1 aromatic carbocycles. The molecular formula is C21H28N4O2. The van der Waals surface area contributed by atoms with E-state index >= 15 is 0 Å². The van der Waals surface area contributed by atoms with E-state index in [0.717, 1.165) is 37.1 Å². The molecule has 144 valence electrons. The number of nitrogens with zero attached hydrogens (tertiary/aromatic N) is 3. The van der Waals surface area contributed by atoms with E-state index in [9.17, 15) is 9.59 Å². The van der Waals surface area contributed by atoms with Gasteiger partial charge in [0.25, 0.3) is 0 Å². The molecule has 0 aromatic heterocycles. The van der Waals surface area contributed by atoms with Gasteiger partial charge in [-0.25, -0.2) is 4.79 Å². The van der Waals surface area contributed by atoms with Gasteiger partial charge in [0.05, 0.1) is 11.6 Å². The summed E-state index contributed by atoms with van der Waals surface area (Å²) in [4.78, 5) is 28.6. The lowest BCUT2D eigenvalue weighted by molar-refractivity contribution is -0.129. The van der Waals surface area contributed by atoms with Gasteiger partial charge in [0.1, 0.15) is 0 Å². The first kappa shape index (κ1) is 19.2. The second-order valence-corrected chi connectivity index (χ2v) is 7.70. The third kappa shape index (κ3) is 4.41. The third-order valence-electron chi connectivity index (χ3n) is 5.74. The molecular weight excluding hydrogens is 340 g/mol. The summed E-state index contributed by atoms with van der Waals surface area (Å²) in [7, 11) is 1.77. The average molecular weight is 368 g/mol. The van der Waals surface area contributed by atoms with Gasteiger partial charge in [-0.15, -0.1) is 0 Å². The van der Waals surface area contributed by atoms with Crippen molar-refractivity contribution in [2.24, 2.45) is 5.92 Å². The normalized spacial score (nSPS) is 20.0. The van der Waals surface area contributed by atoms with E-state index in [1.54, 1.807) is 24.1 Å². The molecule has 1 aromatic rings. The lowest BCUT2D eigenvalue weighted by atomic mass is 10.1. The van der Waals surface area contributed by atoms with Gasteiger partial charge in [-0.05, 0) is 43.0 Å². The highest BCUT2D eigenvalue weighted by molar-refractivity contribution is 5.90. The van der Waals surface area contributed by atoms with E-state index in [1.165, 1.54) is 12.8 Å². The van der Waals surface area contributed by atoms with Crippen molar-refractivity contribution in [2.45, 2.75) is 51.5 Å². The molecule has 2 aliphatic rings. The highest BCUT2D eigenvalue weighted by Gasteiger charge is 2.36. The van der Waals surface area contributed by atoms with Crippen molar-refractivity contribution in [3.63, 3.8) is 0 Å². The van der Waals surface area contributed by atoms with E-state index < -0.39 is 0 Å². The predicted octanol–water partition coefficient (Wildman–Crippen LogP) is 3.38. The van der Waals surface area contributed by atoms with Crippen LogP contribution in [-0.4, -0.2) is 47.9 Å². The Bertz CT molecular complexity index is 749. The molecule has 1 saturated heterocycles. The number of carbonyl (C=O) groups excluding carboxylic acids is 2. The van der Waals surface area contributed by atoms with Crippen LogP contribution in [0.25, 0.3) is 0 Å². The van der Waals surface area contributed by atoms with Crippen LogP contribution in [0.2, 0.25) is 0 Å². The molecule has 2 fully saturated rings. The summed E-state index contributed by atoms with van der Waals surface area (Å²) < 4.78 is 0. The molecule has 6 heteroatoms. The van der Waals surface area contributed by atoms with Gasteiger partial charge in [-0.2, -0.15) is 5.26 Å². The van der Waals surface area contributed by atoms with Crippen LogP contribution in [0.15, 0.2) is 18.2 Å². The van der Waals surface area contributed by atoms with E-state index in [-0.39, 0.29) is 17.9 Å². The van der Waals surface area contributed by atoms with Crippen molar-refractivity contribution in [2.75, 3.05) is 25.5 Å². The average Bonchev–Trinajstić information content (AvgIpc) is 3.31. The molecule has 1 heterocycles. The number of hydrogen-bond acceptors (Lipinski definition) is 3. The molecule has 1 aliphatic heterocycles. The van der Waals surface area contributed by atoms with Crippen LogP contribution < -0.4 is 5.32 Å². The maximum Gasteiger partial charge on any atom is 0.321 e. The molecule has 1 saturated carbocycles. The van der Waals surface area contributed by atoms with Gasteiger partial charge in [0, 0.05) is 44.2 Å². The fourth-order valence-electron chi connectivity index (χ4n) is 4.26. The Morgan fingerprint density at radius 3 is 2.78 bits per heavy atom. The maximum absolute atomic E-state index is 12.6. The summed E-state index contributed by atoms with van der Waals surface area (Å²) in [6.07, 6.45) is 5.94. The zero-order chi connectivity index (χ0) is 19.4. The first-order chi connectivity index (χ1) is 13.0. The zero-order valence-electron chi connectivity index (χ0n) is 16.2. The molecule has 3 amide bonds. The molecule has 6 nitrogen and oxygen atoms in total. The SMILES string of the molecule is CCc1cc(C#N)ccc1NC(=O)N(C)C[C@@H]1CC(=O)N(C2CCCC2)C1. The van der Waals surface area contributed by atoms with Crippen LogP contribution in [0.4, 0.5) is 10.5 Å². The molecule has 0 radical (unpaired) electrons. The molecule has 27 heavy (non-hydrogen) atoms. The summed E-state index contributed by atoms with van der Waals surface area (Å²) in [6.45, 7) is 3.33. The maximum atomic E-state index is 12.6. The Morgan fingerprint density at radius 1 is 1.37 bits per heavy atom. The molecule has 0 unspecified atom stereocenters. The summed E-state index contributed by atoms with van der Waals surface area (Å²) in [5.41, 5.74) is 2.28. The minimum absolute atomic E-state index is 0.179. The number of aryl methyl sites for hydroxylation is 1. The van der Waals surface area contributed by atoms with Crippen LogP contribution in [0, 0.1) is 17.2 Å². The van der Waals surface area contributed by atoms with E-state index in [0.29, 0.717) is 24.6 Å². The second-order valence-electron chi connectivity index (χ2n) is 7.70. The Morgan fingerprint density at radius 2 is 2.11 bits per heavy atom. The van der Waals surface area contributed by atoms with E-state index in [4.69, 9.17) is 5.26 Å². The summed E-state index contributed by atoms with van der Waals surface area (Å²) in [5, 5.41) is 12.0. The second kappa shape index (κ2) is 8.43. The summed E-state index contributed by atoms with van der Waals surface area (Å²) in [6, 6.07) is 7.66. The number of anilines is 1. The number of nitrogens with one attached hydrogen (secondary N) is 1. The molecule has 3 rings (SSSR count). The lowest BCUT2D eigenvalue weighted by Crippen LogP contribution is -2.38. The van der Waals surface area contributed by atoms with Crippen molar-refractivity contribution in [3.8, 4) is 6.07 Å². The van der Waals surface area contributed by atoms with E-state index in [2.05, 4.69) is 11.4 Å². The molecule has 0 bridgehead atoms. The molecule has 1 aliphatic carbocycles. The number of benzene rings is 1. The van der Waals surface area contributed by atoms with Gasteiger partial charge >= 0.3 is 6.03 Å². The molecule has 1 N–H and O–H groups in total. The number of urea groups is 1. The zero-order valence-corrected chi connectivity index (χ0v) is 16.2. The summed E-state index contributed by atoms with van der Waals surface area (Å²) in [5.74, 6) is 0.432. The quantitative estimate of drug-likeness (QED) is 0.866. The Kier molecular flexibility index (Phi) is 6.00. The first-order valence-electron chi connectivity index (χ1n) is 9.86. The molecule has 1 atom stereocenters. The monoisotopic (exact) mass is 368 g/mol. The van der Waals surface area contributed by atoms with Crippen molar-refractivity contribution < 1.29 is 9.59 Å². The smallest absolute Gasteiger partial charge is 0.321 e. The number of hydrogen-bond donors (Lipinski definition) is 1. The van der Waals surface area contributed by atoms with Gasteiger partial charge in [-0.1, -0.05) is 19.8 Å². The first-order valence-corrected chi connectivity index (χ1v) is 9.86. The van der Waals surface area contributed by atoms with Gasteiger partial charge in [-0.3, -0.25) is 4.79 Å². The molecule has 0 spiro atoms. The van der Waals surface area contributed by atoms with Crippen LogP contribution in [0.3, 0.4) is 0 Å². The van der Waals surface area contributed by atoms with Gasteiger partial charge in [0.2, 0.25) is 5.91 Å². The van der Waals surface area contributed by atoms with Crippen molar-refractivity contribution >= 4 is 17.6 Å². The Balaban J connectivity index is 1.57. The van der Waals surface area contributed by atoms with E-state index in [1.807, 2.05) is 17.9 Å². The highest BCUT2D eigenvalue weighted by Crippen LogP contribution is 2.29. The number of carbonyl (C=O) groups is 2. The van der Waals surface area contributed by atoms with Crippen LogP contribution >= 0.6 is 0 Å². The predicted molar refractivity (Wildman–Crippen MR) is 104 cm³/mol.